The summed E-state index contributed by atoms with van der Waals surface area (Å²) in [5.41, 5.74) is 0.557. The Morgan fingerprint density at radius 2 is 1.97 bits per heavy atom. The number of carbonyl (C=O) groups excluding carboxylic acids is 1. The van der Waals surface area contributed by atoms with Crippen molar-refractivity contribution in [2.45, 2.75) is 48.0 Å². The van der Waals surface area contributed by atoms with E-state index in [0.29, 0.717) is 23.9 Å². The number of benzene rings is 1. The molecule has 0 saturated carbocycles. The first-order valence-electron chi connectivity index (χ1n) is 10.4. The second-order valence-corrected chi connectivity index (χ2v) is 11.8. The molecule has 1 fully saturated rings. The molecule has 0 aliphatic carbocycles. The van der Waals surface area contributed by atoms with Gasteiger partial charge in [0.2, 0.25) is 15.9 Å². The van der Waals surface area contributed by atoms with Gasteiger partial charge in [0.05, 0.1) is 10.1 Å². The van der Waals surface area contributed by atoms with Gasteiger partial charge in [-0.15, -0.1) is 21.5 Å². The third kappa shape index (κ3) is 5.40. The fourth-order valence-electron chi connectivity index (χ4n) is 3.42. The third-order valence-electron chi connectivity index (χ3n) is 5.24. The molecule has 1 atom stereocenters. The zero-order valence-electron chi connectivity index (χ0n) is 17.7. The molecule has 1 aliphatic heterocycles. The lowest BCUT2D eigenvalue weighted by Crippen LogP contribution is -2.27. The summed E-state index contributed by atoms with van der Waals surface area (Å²) in [5, 5.41) is 13.3. The second-order valence-electron chi connectivity index (χ2n) is 7.52. The normalized spacial score (nSPS) is 15.7. The van der Waals surface area contributed by atoms with Crippen LogP contribution in [0, 0.1) is 0 Å². The maximum absolute atomic E-state index is 12.7. The Hall–Kier alpha value is -2.21. The Morgan fingerprint density at radius 3 is 2.66 bits per heavy atom. The van der Waals surface area contributed by atoms with Crippen LogP contribution < -0.4 is 5.32 Å². The molecular formula is C21H25N5O3S3. The van der Waals surface area contributed by atoms with E-state index >= 15 is 0 Å². The van der Waals surface area contributed by atoms with E-state index in [1.807, 2.05) is 17.6 Å². The van der Waals surface area contributed by atoms with Gasteiger partial charge >= 0.3 is 0 Å². The van der Waals surface area contributed by atoms with Crippen molar-refractivity contribution in [3.05, 3.63) is 53.0 Å². The number of carbonyl (C=O) groups is 1. The Balaban J connectivity index is 1.33. The highest BCUT2D eigenvalue weighted by atomic mass is 32.2. The van der Waals surface area contributed by atoms with Crippen LogP contribution in [0.5, 0.6) is 0 Å². The van der Waals surface area contributed by atoms with Crippen LogP contribution in [-0.2, 0) is 27.8 Å². The predicted molar refractivity (Wildman–Crippen MR) is 126 cm³/mol. The van der Waals surface area contributed by atoms with Gasteiger partial charge in [0, 0.05) is 30.2 Å². The number of hydrogen-bond donors (Lipinski definition) is 1. The number of nitrogens with one attached hydrogen (secondary N) is 1. The number of amides is 1. The fraction of sp³-hybridized carbons (Fsp3) is 0.381. The SMILES string of the molecule is C[C@@H](Sc1nncn1CCc1cccs1)C(=O)Nc1ccc(S(=O)(=O)N2CCCC2)cc1. The van der Waals surface area contributed by atoms with Crippen molar-refractivity contribution in [2.24, 2.45) is 0 Å². The summed E-state index contributed by atoms with van der Waals surface area (Å²) in [6.45, 7) is 3.68. The molecule has 11 heteroatoms. The summed E-state index contributed by atoms with van der Waals surface area (Å²) in [6.07, 6.45) is 4.35. The average molecular weight is 492 g/mol. The van der Waals surface area contributed by atoms with Crippen LogP contribution in [0.4, 0.5) is 5.69 Å². The van der Waals surface area contributed by atoms with Crippen molar-refractivity contribution in [2.75, 3.05) is 18.4 Å². The summed E-state index contributed by atoms with van der Waals surface area (Å²) >= 11 is 3.06. The van der Waals surface area contributed by atoms with Crippen LogP contribution in [0.3, 0.4) is 0 Å². The molecule has 1 N–H and O–H groups in total. The monoisotopic (exact) mass is 491 g/mol. The van der Waals surface area contributed by atoms with Gasteiger partial charge in [-0.1, -0.05) is 17.8 Å². The number of rotatable bonds is 9. The number of aryl methyl sites for hydroxylation is 2. The first kappa shape index (κ1) is 23.0. The fourth-order valence-corrected chi connectivity index (χ4v) is 6.48. The number of aromatic nitrogens is 3. The number of anilines is 1. The molecule has 2 aromatic heterocycles. The molecule has 1 aromatic carbocycles. The summed E-state index contributed by atoms with van der Waals surface area (Å²) in [4.78, 5) is 14.2. The van der Waals surface area contributed by atoms with Gasteiger partial charge in [0.15, 0.2) is 5.16 Å². The van der Waals surface area contributed by atoms with Crippen molar-refractivity contribution in [3.8, 4) is 0 Å². The molecule has 3 heterocycles. The maximum Gasteiger partial charge on any atom is 0.243 e. The lowest BCUT2D eigenvalue weighted by molar-refractivity contribution is -0.115. The quantitative estimate of drug-likeness (QED) is 0.460. The Labute approximate surface area is 196 Å². The number of thioether (sulfide) groups is 1. The van der Waals surface area contributed by atoms with Crippen LogP contribution in [0.15, 0.2) is 58.2 Å². The van der Waals surface area contributed by atoms with E-state index in [0.717, 1.165) is 25.8 Å². The van der Waals surface area contributed by atoms with Crippen molar-refractivity contribution in [1.82, 2.24) is 19.1 Å². The lowest BCUT2D eigenvalue weighted by atomic mass is 10.3. The Morgan fingerprint density at radius 1 is 1.22 bits per heavy atom. The van der Waals surface area contributed by atoms with E-state index < -0.39 is 15.3 Å². The standard InChI is InChI=1S/C21H25N5O3S3/c1-16(31-21-24-22-15-25(21)13-10-18-5-4-14-30-18)20(27)23-17-6-8-19(9-7-17)32(28,29)26-11-2-3-12-26/h4-9,14-16H,2-3,10-13H2,1H3,(H,23,27)/t16-/m1/s1. The average Bonchev–Trinajstić information content (AvgIpc) is 3.55. The van der Waals surface area contributed by atoms with E-state index in [1.165, 1.54) is 20.9 Å². The van der Waals surface area contributed by atoms with Crippen LogP contribution in [0.2, 0.25) is 0 Å². The van der Waals surface area contributed by atoms with Crippen LogP contribution in [-0.4, -0.2) is 51.7 Å². The van der Waals surface area contributed by atoms with Crippen molar-refractivity contribution in [3.63, 3.8) is 0 Å². The van der Waals surface area contributed by atoms with Crippen LogP contribution in [0.1, 0.15) is 24.6 Å². The van der Waals surface area contributed by atoms with E-state index in [2.05, 4.69) is 27.0 Å². The lowest BCUT2D eigenvalue weighted by Gasteiger charge is -2.16. The summed E-state index contributed by atoms with van der Waals surface area (Å²) in [5.74, 6) is -0.182. The minimum absolute atomic E-state index is 0.182. The molecule has 170 valence electrons. The first-order valence-corrected chi connectivity index (χ1v) is 13.6. The topological polar surface area (TPSA) is 97.2 Å². The first-order chi connectivity index (χ1) is 15.4. The summed E-state index contributed by atoms with van der Waals surface area (Å²) in [6, 6.07) is 10.5. The minimum Gasteiger partial charge on any atom is -0.325 e. The molecule has 1 saturated heterocycles. The molecule has 0 radical (unpaired) electrons. The molecule has 0 spiro atoms. The Kier molecular flexibility index (Phi) is 7.29. The highest BCUT2D eigenvalue weighted by Crippen LogP contribution is 2.25. The van der Waals surface area contributed by atoms with Gasteiger partial charge < -0.3 is 9.88 Å². The molecule has 0 bridgehead atoms. The molecule has 1 aliphatic rings. The van der Waals surface area contributed by atoms with Gasteiger partial charge in [0.1, 0.15) is 6.33 Å². The molecule has 8 nitrogen and oxygen atoms in total. The van der Waals surface area contributed by atoms with Gasteiger partial charge in [-0.2, -0.15) is 4.31 Å². The molecule has 1 amide bonds. The zero-order valence-corrected chi connectivity index (χ0v) is 20.1. The highest BCUT2D eigenvalue weighted by Gasteiger charge is 2.27. The van der Waals surface area contributed by atoms with Gasteiger partial charge in [-0.05, 0) is 61.9 Å². The van der Waals surface area contributed by atoms with Crippen LogP contribution in [0.25, 0.3) is 0 Å². The minimum atomic E-state index is -3.46. The third-order valence-corrected chi connectivity index (χ3v) is 9.18. The zero-order chi connectivity index (χ0) is 22.6. The van der Waals surface area contributed by atoms with Crippen molar-refractivity contribution in [1.29, 1.82) is 0 Å². The van der Waals surface area contributed by atoms with Gasteiger partial charge in [-0.25, -0.2) is 8.42 Å². The summed E-state index contributed by atoms with van der Waals surface area (Å²) < 4.78 is 28.7. The van der Waals surface area contributed by atoms with Crippen molar-refractivity contribution < 1.29 is 13.2 Å². The van der Waals surface area contributed by atoms with Crippen molar-refractivity contribution >= 4 is 44.7 Å². The number of thiophene rings is 1. The predicted octanol–water partition coefficient (Wildman–Crippen LogP) is 3.49. The van der Waals surface area contributed by atoms with E-state index in [-0.39, 0.29) is 10.8 Å². The molecule has 0 unspecified atom stereocenters. The number of nitrogens with zero attached hydrogens (tertiary/aromatic N) is 4. The highest BCUT2D eigenvalue weighted by molar-refractivity contribution is 8.00. The van der Waals surface area contributed by atoms with Crippen LogP contribution >= 0.6 is 23.1 Å². The largest absolute Gasteiger partial charge is 0.325 e. The molecular weight excluding hydrogens is 466 g/mol. The van der Waals surface area contributed by atoms with Gasteiger partial charge in [0.25, 0.3) is 0 Å². The molecule has 4 rings (SSSR count). The summed E-state index contributed by atoms with van der Waals surface area (Å²) in [7, 11) is -3.46. The number of hydrogen-bond acceptors (Lipinski definition) is 7. The molecule has 32 heavy (non-hydrogen) atoms. The van der Waals surface area contributed by atoms with E-state index in [1.54, 1.807) is 41.9 Å². The van der Waals surface area contributed by atoms with E-state index in [4.69, 9.17) is 0 Å². The second kappa shape index (κ2) is 10.2. The Bertz CT molecular complexity index is 1140. The molecule has 3 aromatic rings. The maximum atomic E-state index is 12.7. The number of sulfonamides is 1. The van der Waals surface area contributed by atoms with E-state index in [9.17, 15) is 13.2 Å². The van der Waals surface area contributed by atoms with Gasteiger partial charge in [-0.3, -0.25) is 4.79 Å². The smallest absolute Gasteiger partial charge is 0.243 e.